The Labute approximate surface area is 76.3 Å². The van der Waals surface area contributed by atoms with Gasteiger partial charge in [-0.3, -0.25) is 0 Å². The molecule has 0 bridgehead atoms. The molecule has 72 valence electrons. The molecule has 0 aromatic rings. The maximum absolute atomic E-state index is 3.45. The van der Waals surface area contributed by atoms with Crippen molar-refractivity contribution in [1.29, 1.82) is 0 Å². The minimum atomic E-state index is 0.797. The first kappa shape index (κ1) is 10.0. The van der Waals surface area contributed by atoms with Gasteiger partial charge in [0, 0.05) is 25.7 Å². The van der Waals surface area contributed by atoms with Gasteiger partial charge in [-0.1, -0.05) is 26.2 Å². The van der Waals surface area contributed by atoms with Crippen LogP contribution in [0.2, 0.25) is 0 Å². The molecule has 1 fully saturated rings. The van der Waals surface area contributed by atoms with Crippen LogP contribution < -0.4 is 5.32 Å². The van der Waals surface area contributed by atoms with E-state index in [-0.39, 0.29) is 0 Å². The molecule has 0 aliphatic carbocycles. The number of hydrogen-bond acceptors (Lipinski definition) is 2. The minimum absolute atomic E-state index is 0.797. The van der Waals surface area contributed by atoms with Gasteiger partial charge in [0.25, 0.3) is 0 Å². The van der Waals surface area contributed by atoms with Gasteiger partial charge >= 0.3 is 0 Å². The molecule has 0 aromatic carbocycles. The van der Waals surface area contributed by atoms with Gasteiger partial charge in [0.15, 0.2) is 0 Å². The van der Waals surface area contributed by atoms with Crippen molar-refractivity contribution < 1.29 is 0 Å². The van der Waals surface area contributed by atoms with E-state index in [2.05, 4.69) is 24.2 Å². The van der Waals surface area contributed by atoms with Crippen LogP contribution in [-0.2, 0) is 0 Å². The maximum atomic E-state index is 3.45. The van der Waals surface area contributed by atoms with Crippen LogP contribution in [0.15, 0.2) is 0 Å². The van der Waals surface area contributed by atoms with Gasteiger partial charge in [0.1, 0.15) is 0 Å². The number of likely N-dealkylation sites (N-methyl/N-ethyl adjacent to an activating group) is 1. The Hall–Kier alpha value is -0.0800. The average Bonchev–Trinajstić information content (AvgIpc) is 2.09. The zero-order valence-corrected chi connectivity index (χ0v) is 8.47. The standard InChI is InChI=1S/C10H22N2/c1-3-4-5-6-10-9-11-7-8-12(10)2/h10-11H,3-9H2,1-2H3. The number of piperazine rings is 1. The molecule has 0 aromatic heterocycles. The van der Waals surface area contributed by atoms with Crippen molar-refractivity contribution in [2.75, 3.05) is 26.7 Å². The molecule has 0 spiro atoms. The molecule has 1 aliphatic heterocycles. The Morgan fingerprint density at radius 2 is 2.25 bits per heavy atom. The molecule has 2 heteroatoms. The summed E-state index contributed by atoms with van der Waals surface area (Å²) in [7, 11) is 2.25. The van der Waals surface area contributed by atoms with Gasteiger partial charge < -0.3 is 10.2 Å². The summed E-state index contributed by atoms with van der Waals surface area (Å²) in [4.78, 5) is 2.49. The van der Waals surface area contributed by atoms with Gasteiger partial charge in [0.05, 0.1) is 0 Å². The molecule has 1 N–H and O–H groups in total. The van der Waals surface area contributed by atoms with Gasteiger partial charge in [-0.15, -0.1) is 0 Å². The van der Waals surface area contributed by atoms with Crippen molar-refractivity contribution in [1.82, 2.24) is 10.2 Å². The van der Waals surface area contributed by atoms with E-state index in [0.29, 0.717) is 0 Å². The Balaban J connectivity index is 2.11. The summed E-state index contributed by atoms with van der Waals surface area (Å²) in [5.41, 5.74) is 0. The van der Waals surface area contributed by atoms with Gasteiger partial charge in [-0.25, -0.2) is 0 Å². The fourth-order valence-corrected chi connectivity index (χ4v) is 1.81. The molecule has 0 amide bonds. The molecular weight excluding hydrogens is 148 g/mol. The molecule has 0 saturated carbocycles. The third kappa shape index (κ3) is 3.11. The van der Waals surface area contributed by atoms with Crippen molar-refractivity contribution in [2.45, 2.75) is 38.6 Å². The number of hydrogen-bond donors (Lipinski definition) is 1. The smallest absolute Gasteiger partial charge is 0.0218 e. The number of rotatable bonds is 4. The zero-order valence-electron chi connectivity index (χ0n) is 8.47. The van der Waals surface area contributed by atoms with E-state index < -0.39 is 0 Å². The number of unbranched alkanes of at least 4 members (excludes halogenated alkanes) is 2. The van der Waals surface area contributed by atoms with Crippen LogP contribution in [0.1, 0.15) is 32.6 Å². The van der Waals surface area contributed by atoms with Crippen LogP contribution in [0.3, 0.4) is 0 Å². The molecule has 1 saturated heterocycles. The van der Waals surface area contributed by atoms with Crippen molar-refractivity contribution in [3.63, 3.8) is 0 Å². The SMILES string of the molecule is CCCCCC1CNCCN1C. The van der Waals surface area contributed by atoms with Crippen LogP contribution in [0.25, 0.3) is 0 Å². The molecule has 12 heavy (non-hydrogen) atoms. The second-order valence-electron chi connectivity index (χ2n) is 3.83. The van der Waals surface area contributed by atoms with Gasteiger partial charge in [-0.05, 0) is 13.5 Å². The van der Waals surface area contributed by atoms with Crippen molar-refractivity contribution >= 4 is 0 Å². The van der Waals surface area contributed by atoms with Gasteiger partial charge in [-0.2, -0.15) is 0 Å². The Morgan fingerprint density at radius 1 is 1.42 bits per heavy atom. The largest absolute Gasteiger partial charge is 0.314 e. The third-order valence-electron chi connectivity index (χ3n) is 2.79. The van der Waals surface area contributed by atoms with Gasteiger partial charge in [0.2, 0.25) is 0 Å². The van der Waals surface area contributed by atoms with E-state index in [1.807, 2.05) is 0 Å². The normalized spacial score (nSPS) is 26.0. The molecule has 1 unspecified atom stereocenters. The molecule has 1 heterocycles. The minimum Gasteiger partial charge on any atom is -0.314 e. The summed E-state index contributed by atoms with van der Waals surface area (Å²) in [6, 6.07) is 0.797. The Bertz CT molecular complexity index is 114. The summed E-state index contributed by atoms with van der Waals surface area (Å²) in [6.45, 7) is 5.85. The van der Waals surface area contributed by atoms with Crippen LogP contribution in [0.4, 0.5) is 0 Å². The van der Waals surface area contributed by atoms with Crippen LogP contribution in [-0.4, -0.2) is 37.6 Å². The fourth-order valence-electron chi connectivity index (χ4n) is 1.81. The van der Waals surface area contributed by atoms with E-state index in [4.69, 9.17) is 0 Å². The van der Waals surface area contributed by atoms with Crippen LogP contribution in [0.5, 0.6) is 0 Å². The topological polar surface area (TPSA) is 15.3 Å². The molecular formula is C10H22N2. The monoisotopic (exact) mass is 170 g/mol. The summed E-state index contributed by atoms with van der Waals surface area (Å²) >= 11 is 0. The Morgan fingerprint density at radius 3 is 2.92 bits per heavy atom. The lowest BCUT2D eigenvalue weighted by Crippen LogP contribution is -2.49. The van der Waals surface area contributed by atoms with E-state index in [9.17, 15) is 0 Å². The zero-order chi connectivity index (χ0) is 8.81. The summed E-state index contributed by atoms with van der Waals surface area (Å²) in [5.74, 6) is 0. The first-order valence-corrected chi connectivity index (χ1v) is 5.25. The summed E-state index contributed by atoms with van der Waals surface area (Å²) in [6.07, 6.45) is 5.50. The van der Waals surface area contributed by atoms with Crippen molar-refractivity contribution in [2.24, 2.45) is 0 Å². The lowest BCUT2D eigenvalue weighted by molar-refractivity contribution is 0.187. The fraction of sp³-hybridized carbons (Fsp3) is 1.00. The second-order valence-corrected chi connectivity index (χ2v) is 3.83. The molecule has 1 rings (SSSR count). The molecule has 0 radical (unpaired) electrons. The maximum Gasteiger partial charge on any atom is 0.0218 e. The van der Waals surface area contributed by atoms with Crippen LogP contribution in [0, 0.1) is 0 Å². The summed E-state index contributed by atoms with van der Waals surface area (Å²) < 4.78 is 0. The number of nitrogens with one attached hydrogen (secondary N) is 1. The highest BCUT2D eigenvalue weighted by Crippen LogP contribution is 2.09. The highest BCUT2D eigenvalue weighted by atomic mass is 15.2. The van der Waals surface area contributed by atoms with E-state index in [0.717, 1.165) is 6.04 Å². The van der Waals surface area contributed by atoms with Crippen molar-refractivity contribution in [3.05, 3.63) is 0 Å². The van der Waals surface area contributed by atoms with E-state index >= 15 is 0 Å². The van der Waals surface area contributed by atoms with E-state index in [1.54, 1.807) is 0 Å². The third-order valence-corrected chi connectivity index (χ3v) is 2.79. The van der Waals surface area contributed by atoms with E-state index in [1.165, 1.54) is 45.3 Å². The Kier molecular flexibility index (Phi) is 4.62. The average molecular weight is 170 g/mol. The predicted octanol–water partition coefficient (Wildman–Crippen LogP) is 1.47. The molecule has 1 atom stereocenters. The summed E-state index contributed by atoms with van der Waals surface area (Å²) in [5, 5.41) is 3.45. The quantitative estimate of drug-likeness (QED) is 0.643. The van der Waals surface area contributed by atoms with Crippen molar-refractivity contribution in [3.8, 4) is 0 Å². The highest BCUT2D eigenvalue weighted by Gasteiger charge is 2.16. The lowest BCUT2D eigenvalue weighted by atomic mass is 10.1. The lowest BCUT2D eigenvalue weighted by Gasteiger charge is -2.33. The molecule has 2 nitrogen and oxygen atoms in total. The molecule has 1 aliphatic rings. The second kappa shape index (κ2) is 5.55. The van der Waals surface area contributed by atoms with Crippen LogP contribution >= 0.6 is 0 Å². The predicted molar refractivity (Wildman–Crippen MR) is 53.4 cm³/mol. The highest BCUT2D eigenvalue weighted by molar-refractivity contribution is 4.76. The first-order valence-electron chi connectivity index (χ1n) is 5.25. The first-order chi connectivity index (χ1) is 5.84. The number of nitrogens with zero attached hydrogens (tertiary/aromatic N) is 1.